The molecule has 0 aromatic carbocycles. The Balaban J connectivity index is -0.000000169. The van der Waals surface area contributed by atoms with Gasteiger partial charge in [0.15, 0.2) is 0 Å². The Morgan fingerprint density at radius 3 is 0.231 bits per heavy atom. The third-order valence-electron chi connectivity index (χ3n) is 15.2. The van der Waals surface area contributed by atoms with Crippen LogP contribution in [-0.2, 0) is 0 Å². The molecule has 7 aliphatic rings. The summed E-state index contributed by atoms with van der Waals surface area (Å²) in [6.45, 7) is 94.5. The predicted octanol–water partition coefficient (Wildman–Crippen LogP) is 35.2. The van der Waals surface area contributed by atoms with Crippen LogP contribution in [0, 0.1) is 75.8 Å². The Kier molecular flexibility index (Phi) is 57.8. The van der Waals surface area contributed by atoms with Gasteiger partial charge in [0.05, 0.1) is 0 Å². The zero-order valence-corrected chi connectivity index (χ0v) is 73.7. The summed E-state index contributed by atoms with van der Waals surface area (Å²) in [5, 5.41) is 0. The molecule has 0 bridgehead atoms. The lowest BCUT2D eigenvalue weighted by atomic mass is 9.72. The monoisotopic (exact) mass is 1290 g/mol. The molecule has 0 nitrogen and oxygen atoms in total. The molecule has 0 spiro atoms. The normalized spacial score (nSPS) is 21.7. The first-order valence-corrected chi connectivity index (χ1v) is 39.9. The van der Waals surface area contributed by atoms with Gasteiger partial charge in [0.25, 0.3) is 0 Å². The molecule has 0 amide bonds. The summed E-state index contributed by atoms with van der Waals surface area (Å²) in [5.41, 5.74) is 8.31. The quantitative estimate of drug-likeness (QED) is 0.212. The lowest BCUT2D eigenvalue weighted by Gasteiger charge is -2.33. The summed E-state index contributed by atoms with van der Waals surface area (Å²) in [6.07, 6.45) is 51.2. The Bertz CT molecular complexity index is 1320. The fraction of sp³-hybridized carbons (Fsp3) is 1.00. The lowest BCUT2D eigenvalue weighted by Crippen LogP contribution is -2.20. The average molecular weight is 1290 g/mol. The van der Waals surface area contributed by atoms with Crippen molar-refractivity contribution in [3.63, 3.8) is 0 Å². The highest BCUT2D eigenvalue weighted by Gasteiger charge is 2.30. The van der Waals surface area contributed by atoms with Gasteiger partial charge in [-0.15, -0.1) is 0 Å². The van der Waals surface area contributed by atoms with Crippen molar-refractivity contribution in [1.29, 1.82) is 0 Å². The molecule has 0 unspecified atom stereocenters. The second-order valence-electron chi connectivity index (χ2n) is 47.1. The Morgan fingerprint density at radius 1 is 0.110 bits per heavy atom. The van der Waals surface area contributed by atoms with Gasteiger partial charge in [-0.3, -0.25) is 0 Å². The zero-order chi connectivity index (χ0) is 73.7. The van der Waals surface area contributed by atoms with Gasteiger partial charge in [-0.05, 0) is 166 Å². The van der Waals surface area contributed by atoms with Gasteiger partial charge in [0.2, 0.25) is 0 Å². The molecular formula is C91H196. The number of rotatable bonds is 0. The van der Waals surface area contributed by atoms with Crippen LogP contribution < -0.4 is 0 Å². The molecule has 7 fully saturated rings. The van der Waals surface area contributed by atoms with Crippen LogP contribution in [0.15, 0.2) is 0 Å². The molecule has 7 rings (SSSR count). The van der Waals surface area contributed by atoms with E-state index in [2.05, 4.69) is 291 Å². The molecule has 0 aliphatic heterocycles. The van der Waals surface area contributed by atoms with Crippen LogP contribution in [0.3, 0.4) is 0 Å². The third kappa shape index (κ3) is 151. The maximum Gasteiger partial charge on any atom is -0.0354 e. The summed E-state index contributed by atoms with van der Waals surface area (Å²) >= 11 is 0. The minimum absolute atomic E-state index is 0.500. The van der Waals surface area contributed by atoms with Crippen molar-refractivity contribution in [1.82, 2.24) is 0 Å². The number of hydrogen-bond acceptors (Lipinski definition) is 0. The fourth-order valence-electron chi connectivity index (χ4n) is 9.56. The van der Waals surface area contributed by atoms with Crippen molar-refractivity contribution in [3.05, 3.63) is 0 Å². The summed E-state index contributed by atoms with van der Waals surface area (Å²) in [4.78, 5) is 0. The predicted molar refractivity (Wildman–Crippen MR) is 434 cm³/mol. The van der Waals surface area contributed by atoms with Gasteiger partial charge < -0.3 is 0 Å². The summed E-state index contributed by atoms with van der Waals surface area (Å²) in [6, 6.07) is 0. The first-order valence-electron chi connectivity index (χ1n) is 39.9. The number of hydrogen-bond donors (Lipinski definition) is 0. The van der Waals surface area contributed by atoms with Crippen LogP contribution in [-0.4, -0.2) is 0 Å². The van der Waals surface area contributed by atoms with E-state index in [0.29, 0.717) is 65.0 Å². The standard InChI is InChI=1S/C11H22.C10H20.C9H18.C8H16.C7H14.C6H12.C5H10.7C5H12/c1-11(2)9-7-5-3-4-6-8-10-11;1-10(2)8-6-4-3-5-7-9-10;1-9(2)7-5-3-4-6-8-9;1-8(2)6-4-3-5-7-8;1-7(2)5-3-4-6-7;1-6(2)4-3-5-6;1-5(2)3-4-5;7*1-5(2,3)4/h3-10H2,1-2H3;3-9H2,1-2H3;3-8H2,1-2H3;3-7H2,1-2H3;3-6H2,1-2H3;3-5H2,1-2H3;3-4H2,1-2H3;7*1-4H3. The molecule has 0 heteroatoms. The van der Waals surface area contributed by atoms with Crippen molar-refractivity contribution in [2.24, 2.45) is 75.8 Å². The SMILES string of the molecule is CC(C)(C)C.CC(C)(C)C.CC(C)(C)C.CC(C)(C)C.CC(C)(C)C.CC(C)(C)C.CC(C)(C)C.CC1(C)CC1.CC1(C)CCC1.CC1(C)CCCC1.CC1(C)CCCCC1.CC1(C)CCCCCC1.CC1(C)CCCCCCC1.CC1(C)CCCCCCCC1. The van der Waals surface area contributed by atoms with Crippen LogP contribution in [0.25, 0.3) is 0 Å². The largest absolute Gasteiger partial charge is 0.0604 e. The second kappa shape index (κ2) is 50.3. The highest BCUT2D eigenvalue weighted by atomic mass is 14.4. The molecule has 0 aromatic heterocycles. The molecular weight excluding hydrogens is 1090 g/mol. The Morgan fingerprint density at radius 2 is 0.165 bits per heavy atom. The van der Waals surface area contributed by atoms with Crippen molar-refractivity contribution in [2.75, 3.05) is 0 Å². The molecule has 0 N–H and O–H groups in total. The molecule has 7 saturated carbocycles. The molecule has 0 heterocycles. The van der Waals surface area contributed by atoms with Gasteiger partial charge in [0.1, 0.15) is 0 Å². The van der Waals surface area contributed by atoms with Crippen molar-refractivity contribution in [3.8, 4) is 0 Å². The van der Waals surface area contributed by atoms with E-state index in [1.807, 2.05) is 0 Å². The van der Waals surface area contributed by atoms with Crippen molar-refractivity contribution >= 4 is 0 Å². The molecule has 0 atom stereocenters. The van der Waals surface area contributed by atoms with Crippen molar-refractivity contribution in [2.45, 2.75) is 516 Å². The van der Waals surface area contributed by atoms with E-state index in [9.17, 15) is 0 Å². The Hall–Kier alpha value is 0. The fourth-order valence-corrected chi connectivity index (χ4v) is 9.56. The summed E-state index contributed by atoms with van der Waals surface area (Å²) in [5.74, 6) is 0. The van der Waals surface area contributed by atoms with E-state index in [1.165, 1.54) is 225 Å². The minimum Gasteiger partial charge on any atom is -0.0604 e. The minimum atomic E-state index is 0.500. The van der Waals surface area contributed by atoms with Crippen molar-refractivity contribution < 1.29 is 0 Å². The molecule has 0 saturated heterocycles. The van der Waals surface area contributed by atoms with E-state index in [1.54, 1.807) is 0 Å². The third-order valence-corrected chi connectivity index (χ3v) is 15.2. The highest BCUT2D eigenvalue weighted by molar-refractivity contribution is 4.82. The van der Waals surface area contributed by atoms with E-state index in [4.69, 9.17) is 0 Å². The topological polar surface area (TPSA) is 0 Å². The maximum absolute atomic E-state index is 2.43. The van der Waals surface area contributed by atoms with E-state index in [0.717, 1.165) is 10.8 Å². The van der Waals surface area contributed by atoms with E-state index < -0.39 is 0 Å². The zero-order valence-electron chi connectivity index (χ0n) is 73.7. The van der Waals surface area contributed by atoms with Crippen LogP contribution in [0.1, 0.15) is 516 Å². The molecule has 91 heavy (non-hydrogen) atoms. The lowest BCUT2D eigenvalue weighted by molar-refractivity contribution is 0.190. The molecule has 7 aliphatic carbocycles. The summed E-state index contributed by atoms with van der Waals surface area (Å²) < 4.78 is 0. The second-order valence-corrected chi connectivity index (χ2v) is 47.1. The molecule has 0 aromatic rings. The van der Waals surface area contributed by atoms with E-state index >= 15 is 0 Å². The maximum atomic E-state index is 2.43. The van der Waals surface area contributed by atoms with Crippen LogP contribution in [0.5, 0.6) is 0 Å². The summed E-state index contributed by atoms with van der Waals surface area (Å²) in [7, 11) is 0. The highest BCUT2D eigenvalue weighted by Crippen LogP contribution is 2.44. The average Bonchev–Trinajstić information content (AvgIpc) is 3.84. The first kappa shape index (κ1) is 104. The van der Waals surface area contributed by atoms with Crippen LogP contribution >= 0.6 is 0 Å². The Labute approximate surface area is 588 Å². The van der Waals surface area contributed by atoms with Crippen LogP contribution in [0.4, 0.5) is 0 Å². The van der Waals surface area contributed by atoms with E-state index in [-0.39, 0.29) is 0 Å². The van der Waals surface area contributed by atoms with Gasteiger partial charge in [-0.25, -0.2) is 0 Å². The first-order chi connectivity index (χ1) is 39.9. The smallest absolute Gasteiger partial charge is 0.0354 e. The van der Waals surface area contributed by atoms with Crippen LogP contribution in [0.2, 0.25) is 0 Å². The molecule has 560 valence electrons. The molecule has 0 radical (unpaired) electrons. The van der Waals surface area contributed by atoms with Gasteiger partial charge >= 0.3 is 0 Å². The van der Waals surface area contributed by atoms with Gasteiger partial charge in [-0.1, -0.05) is 426 Å². The van der Waals surface area contributed by atoms with Gasteiger partial charge in [0, 0.05) is 0 Å². The van der Waals surface area contributed by atoms with Gasteiger partial charge in [-0.2, -0.15) is 0 Å².